The summed E-state index contributed by atoms with van der Waals surface area (Å²) in [6.07, 6.45) is 3.99. The summed E-state index contributed by atoms with van der Waals surface area (Å²) in [5.41, 5.74) is 0.747. The third-order valence-corrected chi connectivity index (χ3v) is 5.69. The van der Waals surface area contributed by atoms with Crippen LogP contribution in [-0.2, 0) is 9.59 Å². The normalized spacial score (nSPS) is 17.9. The van der Waals surface area contributed by atoms with Gasteiger partial charge in [0.1, 0.15) is 19.3 Å². The molecule has 0 saturated heterocycles. The lowest BCUT2D eigenvalue weighted by Gasteiger charge is -2.17. The number of anilines is 1. The highest BCUT2D eigenvalue weighted by molar-refractivity contribution is 7.22. The number of rotatable bonds is 4. The van der Waals surface area contributed by atoms with Gasteiger partial charge in [0.15, 0.2) is 16.6 Å². The Kier molecular flexibility index (Phi) is 4.67. The maximum absolute atomic E-state index is 12.4. The molecule has 1 aromatic heterocycles. The van der Waals surface area contributed by atoms with Crippen molar-refractivity contribution in [3.63, 3.8) is 0 Å². The molecule has 138 valence electrons. The highest BCUT2D eigenvalue weighted by Gasteiger charge is 2.26. The summed E-state index contributed by atoms with van der Waals surface area (Å²) in [5.74, 6) is 1.11. The van der Waals surface area contributed by atoms with E-state index in [-0.39, 0.29) is 17.7 Å². The molecule has 0 radical (unpaired) electrons. The molecule has 1 aliphatic carbocycles. The maximum atomic E-state index is 12.4. The lowest BCUT2D eigenvalue weighted by molar-refractivity contribution is -0.128. The number of hydrogen-bond donors (Lipinski definition) is 2. The summed E-state index contributed by atoms with van der Waals surface area (Å²) >= 11 is 1.37. The average Bonchev–Trinajstić information content (AvgIpc) is 3.28. The Morgan fingerprint density at radius 2 is 1.88 bits per heavy atom. The van der Waals surface area contributed by atoms with Crippen LogP contribution < -0.4 is 20.1 Å². The molecule has 0 bridgehead atoms. The molecule has 8 heteroatoms. The van der Waals surface area contributed by atoms with Gasteiger partial charge in [0, 0.05) is 18.1 Å². The third kappa shape index (κ3) is 3.46. The molecule has 0 unspecified atom stereocenters. The predicted molar refractivity (Wildman–Crippen MR) is 98.8 cm³/mol. The minimum Gasteiger partial charge on any atom is -0.486 e. The van der Waals surface area contributed by atoms with Gasteiger partial charge in [0.05, 0.1) is 10.2 Å². The molecule has 4 rings (SSSR count). The Morgan fingerprint density at radius 3 is 2.62 bits per heavy atom. The molecule has 1 aromatic carbocycles. The molecule has 1 aliphatic heterocycles. The fourth-order valence-electron chi connectivity index (χ4n) is 3.32. The summed E-state index contributed by atoms with van der Waals surface area (Å²) in [7, 11) is 0. The van der Waals surface area contributed by atoms with E-state index in [0.717, 1.165) is 35.9 Å². The van der Waals surface area contributed by atoms with Crippen LogP contribution in [0.5, 0.6) is 11.5 Å². The molecule has 2 amide bonds. The Bertz CT molecular complexity index is 801. The number of fused-ring (bicyclic) bond motifs is 2. The molecule has 0 spiro atoms. The van der Waals surface area contributed by atoms with E-state index >= 15 is 0 Å². The number of benzene rings is 1. The Balaban J connectivity index is 1.42. The summed E-state index contributed by atoms with van der Waals surface area (Å²) < 4.78 is 12.0. The number of carbonyl (C=O) groups excluding carboxylic acids is 2. The van der Waals surface area contributed by atoms with Gasteiger partial charge < -0.3 is 20.1 Å². The first-order chi connectivity index (χ1) is 12.6. The first-order valence-electron chi connectivity index (χ1n) is 8.91. The standard InChI is InChI=1S/C18H21N3O4S/c1-10(19-17(23)11-4-2-3-5-11)16(22)21-18-20-12-8-13-14(9-15(12)26-18)25-7-6-24-13/h8-11H,2-7H2,1H3,(H,19,23)(H,20,21,22)/t10-/m0/s1. The summed E-state index contributed by atoms with van der Waals surface area (Å²) in [6, 6.07) is 3.10. The van der Waals surface area contributed by atoms with Gasteiger partial charge in [-0.15, -0.1) is 0 Å². The molecule has 7 nitrogen and oxygen atoms in total. The second-order valence-corrected chi connectivity index (χ2v) is 7.71. The number of thiazole rings is 1. The molecule has 26 heavy (non-hydrogen) atoms. The van der Waals surface area contributed by atoms with Crippen LogP contribution in [0.4, 0.5) is 5.13 Å². The SMILES string of the molecule is C[C@H](NC(=O)C1CCCC1)C(=O)Nc1nc2cc3c(cc2s1)OCCO3. The third-order valence-electron chi connectivity index (χ3n) is 4.76. The van der Waals surface area contributed by atoms with Crippen LogP contribution in [-0.4, -0.2) is 36.1 Å². The van der Waals surface area contributed by atoms with Crippen molar-refractivity contribution in [2.24, 2.45) is 5.92 Å². The van der Waals surface area contributed by atoms with E-state index in [1.807, 2.05) is 12.1 Å². The van der Waals surface area contributed by atoms with Crippen LogP contribution in [0.15, 0.2) is 12.1 Å². The fraction of sp³-hybridized carbons (Fsp3) is 0.500. The molecular formula is C18H21N3O4S. The van der Waals surface area contributed by atoms with Crippen molar-refractivity contribution >= 4 is 38.5 Å². The Hall–Kier alpha value is -2.35. The smallest absolute Gasteiger partial charge is 0.248 e. The zero-order chi connectivity index (χ0) is 18.1. The van der Waals surface area contributed by atoms with Gasteiger partial charge in [-0.05, 0) is 19.8 Å². The number of ether oxygens (including phenoxy) is 2. The van der Waals surface area contributed by atoms with Gasteiger partial charge in [0.25, 0.3) is 0 Å². The number of hydrogen-bond acceptors (Lipinski definition) is 6. The van der Waals surface area contributed by atoms with Crippen LogP contribution in [0, 0.1) is 5.92 Å². The molecule has 1 atom stereocenters. The van der Waals surface area contributed by atoms with Crippen LogP contribution in [0.1, 0.15) is 32.6 Å². The number of nitrogens with zero attached hydrogens (tertiary/aromatic N) is 1. The first kappa shape index (κ1) is 17.1. The van der Waals surface area contributed by atoms with Crippen molar-refractivity contribution in [1.29, 1.82) is 0 Å². The van der Waals surface area contributed by atoms with E-state index < -0.39 is 6.04 Å². The molecule has 1 saturated carbocycles. The second kappa shape index (κ2) is 7.11. The van der Waals surface area contributed by atoms with Crippen LogP contribution in [0.25, 0.3) is 10.2 Å². The van der Waals surface area contributed by atoms with E-state index in [0.29, 0.717) is 29.8 Å². The van der Waals surface area contributed by atoms with Crippen molar-refractivity contribution in [3.05, 3.63) is 12.1 Å². The largest absolute Gasteiger partial charge is 0.486 e. The van der Waals surface area contributed by atoms with Crippen molar-refractivity contribution in [2.75, 3.05) is 18.5 Å². The number of nitrogens with one attached hydrogen (secondary N) is 2. The highest BCUT2D eigenvalue weighted by Crippen LogP contribution is 2.37. The Labute approximate surface area is 155 Å². The lowest BCUT2D eigenvalue weighted by Crippen LogP contribution is -2.43. The molecular weight excluding hydrogens is 354 g/mol. The summed E-state index contributed by atoms with van der Waals surface area (Å²) in [6.45, 7) is 2.74. The van der Waals surface area contributed by atoms with E-state index in [2.05, 4.69) is 15.6 Å². The van der Waals surface area contributed by atoms with Crippen LogP contribution >= 0.6 is 11.3 Å². The van der Waals surface area contributed by atoms with Crippen molar-refractivity contribution in [3.8, 4) is 11.5 Å². The minimum atomic E-state index is -0.602. The number of aromatic nitrogens is 1. The van der Waals surface area contributed by atoms with Crippen molar-refractivity contribution in [1.82, 2.24) is 10.3 Å². The van der Waals surface area contributed by atoms with E-state index in [1.54, 1.807) is 6.92 Å². The molecule has 2 heterocycles. The van der Waals surface area contributed by atoms with Crippen molar-refractivity contribution < 1.29 is 19.1 Å². The van der Waals surface area contributed by atoms with E-state index in [4.69, 9.17) is 9.47 Å². The van der Waals surface area contributed by atoms with Gasteiger partial charge >= 0.3 is 0 Å². The number of carbonyl (C=O) groups is 2. The number of amides is 2. The monoisotopic (exact) mass is 375 g/mol. The topological polar surface area (TPSA) is 89.6 Å². The Morgan fingerprint density at radius 1 is 1.19 bits per heavy atom. The molecule has 2 aliphatic rings. The lowest BCUT2D eigenvalue weighted by atomic mass is 10.1. The second-order valence-electron chi connectivity index (χ2n) is 6.68. The molecule has 2 aromatic rings. The van der Waals surface area contributed by atoms with Gasteiger partial charge in [-0.25, -0.2) is 4.98 Å². The van der Waals surface area contributed by atoms with E-state index in [9.17, 15) is 9.59 Å². The average molecular weight is 375 g/mol. The zero-order valence-corrected chi connectivity index (χ0v) is 15.4. The molecule has 2 N–H and O–H groups in total. The maximum Gasteiger partial charge on any atom is 0.248 e. The highest BCUT2D eigenvalue weighted by atomic mass is 32.1. The molecule has 1 fully saturated rings. The summed E-state index contributed by atoms with van der Waals surface area (Å²) in [4.78, 5) is 29.0. The summed E-state index contributed by atoms with van der Waals surface area (Å²) in [5, 5.41) is 6.09. The van der Waals surface area contributed by atoms with Gasteiger partial charge in [-0.2, -0.15) is 0 Å². The van der Waals surface area contributed by atoms with Crippen LogP contribution in [0.3, 0.4) is 0 Å². The predicted octanol–water partition coefficient (Wildman–Crippen LogP) is 2.70. The van der Waals surface area contributed by atoms with Crippen LogP contribution in [0.2, 0.25) is 0 Å². The fourth-order valence-corrected chi connectivity index (χ4v) is 4.20. The first-order valence-corrected chi connectivity index (χ1v) is 9.73. The van der Waals surface area contributed by atoms with Gasteiger partial charge in [-0.3, -0.25) is 9.59 Å². The zero-order valence-electron chi connectivity index (χ0n) is 14.5. The van der Waals surface area contributed by atoms with Gasteiger partial charge in [0.2, 0.25) is 11.8 Å². The minimum absolute atomic E-state index is 0.0311. The van der Waals surface area contributed by atoms with Gasteiger partial charge in [-0.1, -0.05) is 24.2 Å². The van der Waals surface area contributed by atoms with Crippen molar-refractivity contribution in [2.45, 2.75) is 38.6 Å². The quantitative estimate of drug-likeness (QED) is 0.858. The van der Waals surface area contributed by atoms with E-state index in [1.165, 1.54) is 11.3 Å².